The SMILES string of the molecule is CCC(C)C(C)N1C(=O)NC(=O)C(C(C)C)C1=O. The van der Waals surface area contributed by atoms with Gasteiger partial charge in [-0.05, 0) is 18.8 Å². The summed E-state index contributed by atoms with van der Waals surface area (Å²) in [6.45, 7) is 9.47. The quantitative estimate of drug-likeness (QED) is 0.777. The Morgan fingerprint density at radius 1 is 1.17 bits per heavy atom. The number of amides is 4. The maximum Gasteiger partial charge on any atom is 0.331 e. The van der Waals surface area contributed by atoms with E-state index >= 15 is 0 Å². The van der Waals surface area contributed by atoms with Crippen LogP contribution in [0.5, 0.6) is 0 Å². The number of nitrogens with one attached hydrogen (secondary N) is 1. The summed E-state index contributed by atoms with van der Waals surface area (Å²) in [5, 5.41) is 2.28. The molecule has 0 aromatic carbocycles. The highest BCUT2D eigenvalue weighted by Gasteiger charge is 2.44. The zero-order chi connectivity index (χ0) is 14.0. The van der Waals surface area contributed by atoms with Crippen LogP contribution in [0.15, 0.2) is 0 Å². The highest BCUT2D eigenvalue weighted by molar-refractivity contribution is 6.16. The summed E-state index contributed by atoms with van der Waals surface area (Å²) in [7, 11) is 0. The molecular weight excluding hydrogens is 232 g/mol. The summed E-state index contributed by atoms with van der Waals surface area (Å²) in [5.41, 5.74) is 0. The molecule has 1 aliphatic rings. The van der Waals surface area contributed by atoms with Gasteiger partial charge in [0.05, 0.1) is 0 Å². The number of hydrogen-bond donors (Lipinski definition) is 1. The third kappa shape index (κ3) is 2.54. The Balaban J connectivity index is 3.00. The van der Waals surface area contributed by atoms with Crippen molar-refractivity contribution in [2.45, 2.75) is 47.1 Å². The molecule has 1 fully saturated rings. The Morgan fingerprint density at radius 2 is 1.72 bits per heavy atom. The van der Waals surface area contributed by atoms with Crippen LogP contribution in [0.2, 0.25) is 0 Å². The number of barbiturate groups is 1. The molecule has 1 N–H and O–H groups in total. The van der Waals surface area contributed by atoms with Crippen LogP contribution < -0.4 is 5.32 Å². The van der Waals surface area contributed by atoms with Crippen molar-refractivity contribution in [3.63, 3.8) is 0 Å². The summed E-state index contributed by atoms with van der Waals surface area (Å²) in [5.74, 6) is -1.51. The maximum absolute atomic E-state index is 12.3. The summed E-state index contributed by atoms with van der Waals surface area (Å²) in [4.78, 5) is 37.0. The molecular formula is C13H22N2O3. The van der Waals surface area contributed by atoms with Crippen LogP contribution in [0.1, 0.15) is 41.0 Å². The molecule has 1 rings (SSSR count). The van der Waals surface area contributed by atoms with Crippen molar-refractivity contribution < 1.29 is 14.4 Å². The monoisotopic (exact) mass is 254 g/mol. The van der Waals surface area contributed by atoms with E-state index in [0.29, 0.717) is 0 Å². The minimum absolute atomic E-state index is 0.114. The minimum atomic E-state index is -0.755. The van der Waals surface area contributed by atoms with Gasteiger partial charge in [-0.25, -0.2) is 4.79 Å². The minimum Gasteiger partial charge on any atom is -0.277 e. The van der Waals surface area contributed by atoms with Crippen LogP contribution >= 0.6 is 0 Å². The number of imide groups is 2. The summed E-state index contributed by atoms with van der Waals surface area (Å²) in [6, 6.07) is -0.786. The van der Waals surface area contributed by atoms with Gasteiger partial charge in [0, 0.05) is 6.04 Å². The van der Waals surface area contributed by atoms with E-state index in [1.54, 1.807) is 0 Å². The third-order valence-corrected chi connectivity index (χ3v) is 3.78. The number of rotatable bonds is 4. The molecule has 3 unspecified atom stereocenters. The highest BCUT2D eigenvalue weighted by Crippen LogP contribution is 2.24. The molecule has 1 aliphatic heterocycles. The van der Waals surface area contributed by atoms with Crippen LogP contribution in [0, 0.1) is 17.8 Å². The molecule has 3 atom stereocenters. The molecule has 1 saturated heterocycles. The lowest BCUT2D eigenvalue weighted by Crippen LogP contribution is -2.62. The Labute approximate surface area is 108 Å². The van der Waals surface area contributed by atoms with E-state index in [4.69, 9.17) is 0 Å². The first-order chi connectivity index (χ1) is 8.31. The molecule has 4 amide bonds. The molecule has 5 heteroatoms. The van der Waals surface area contributed by atoms with Crippen molar-refractivity contribution in [3.05, 3.63) is 0 Å². The molecule has 1 heterocycles. The van der Waals surface area contributed by atoms with Gasteiger partial charge < -0.3 is 0 Å². The van der Waals surface area contributed by atoms with Crippen molar-refractivity contribution >= 4 is 17.8 Å². The number of hydrogen-bond acceptors (Lipinski definition) is 3. The van der Waals surface area contributed by atoms with E-state index in [9.17, 15) is 14.4 Å². The number of carbonyl (C=O) groups is 3. The largest absolute Gasteiger partial charge is 0.331 e. The van der Waals surface area contributed by atoms with E-state index in [1.165, 1.54) is 4.90 Å². The van der Waals surface area contributed by atoms with E-state index in [1.807, 2.05) is 34.6 Å². The smallest absolute Gasteiger partial charge is 0.277 e. The Kier molecular flexibility index (Phi) is 4.48. The Morgan fingerprint density at radius 3 is 2.17 bits per heavy atom. The fourth-order valence-corrected chi connectivity index (χ4v) is 2.17. The van der Waals surface area contributed by atoms with Gasteiger partial charge in [-0.2, -0.15) is 0 Å². The summed E-state index contributed by atoms with van der Waals surface area (Å²) < 4.78 is 0. The van der Waals surface area contributed by atoms with Gasteiger partial charge in [-0.1, -0.05) is 34.1 Å². The molecule has 18 heavy (non-hydrogen) atoms. The van der Waals surface area contributed by atoms with Crippen molar-refractivity contribution in [2.24, 2.45) is 17.8 Å². The molecule has 5 nitrogen and oxygen atoms in total. The first-order valence-electron chi connectivity index (χ1n) is 6.49. The second kappa shape index (κ2) is 5.50. The fraction of sp³-hybridized carbons (Fsp3) is 0.769. The molecule has 0 aliphatic carbocycles. The lowest BCUT2D eigenvalue weighted by Gasteiger charge is -2.37. The van der Waals surface area contributed by atoms with Crippen LogP contribution in [0.25, 0.3) is 0 Å². The normalized spacial score (nSPS) is 24.2. The first-order valence-corrected chi connectivity index (χ1v) is 6.49. The molecule has 0 saturated carbocycles. The zero-order valence-electron chi connectivity index (χ0n) is 11.7. The summed E-state index contributed by atoms with van der Waals surface area (Å²) in [6.07, 6.45) is 0.874. The third-order valence-electron chi connectivity index (χ3n) is 3.78. The lowest BCUT2D eigenvalue weighted by atomic mass is 9.90. The molecule has 102 valence electrons. The Hall–Kier alpha value is -1.39. The van der Waals surface area contributed by atoms with E-state index in [2.05, 4.69) is 5.32 Å². The second-order valence-electron chi connectivity index (χ2n) is 5.35. The number of urea groups is 1. The summed E-state index contributed by atoms with van der Waals surface area (Å²) >= 11 is 0. The van der Waals surface area contributed by atoms with Gasteiger partial charge in [-0.15, -0.1) is 0 Å². The van der Waals surface area contributed by atoms with Crippen LogP contribution in [-0.4, -0.2) is 28.8 Å². The van der Waals surface area contributed by atoms with Crippen LogP contribution in [0.3, 0.4) is 0 Å². The van der Waals surface area contributed by atoms with Gasteiger partial charge in [0.25, 0.3) is 0 Å². The molecule has 0 radical (unpaired) electrons. The molecule has 0 aromatic rings. The van der Waals surface area contributed by atoms with Gasteiger partial charge >= 0.3 is 6.03 Å². The number of carbonyl (C=O) groups excluding carboxylic acids is 3. The second-order valence-corrected chi connectivity index (χ2v) is 5.35. The molecule has 0 spiro atoms. The molecule has 0 aromatic heterocycles. The average molecular weight is 254 g/mol. The van der Waals surface area contributed by atoms with Crippen molar-refractivity contribution in [1.29, 1.82) is 0 Å². The predicted octanol–water partition coefficient (Wildman–Crippen LogP) is 1.77. The van der Waals surface area contributed by atoms with E-state index in [-0.39, 0.29) is 23.8 Å². The van der Waals surface area contributed by atoms with Crippen molar-refractivity contribution in [1.82, 2.24) is 10.2 Å². The van der Waals surface area contributed by atoms with Gasteiger partial charge in [0.15, 0.2) is 0 Å². The van der Waals surface area contributed by atoms with Crippen molar-refractivity contribution in [2.75, 3.05) is 0 Å². The topological polar surface area (TPSA) is 66.5 Å². The van der Waals surface area contributed by atoms with Gasteiger partial charge in [0.1, 0.15) is 5.92 Å². The van der Waals surface area contributed by atoms with Gasteiger partial charge in [0.2, 0.25) is 11.8 Å². The zero-order valence-corrected chi connectivity index (χ0v) is 11.7. The first kappa shape index (κ1) is 14.7. The number of nitrogens with zero attached hydrogens (tertiary/aromatic N) is 1. The van der Waals surface area contributed by atoms with Gasteiger partial charge in [-0.3, -0.25) is 19.8 Å². The standard InChI is InChI=1S/C13H22N2O3/c1-6-8(4)9(5)15-12(17)10(7(2)3)11(16)14-13(15)18/h7-10H,6H2,1-5H3,(H,14,16,18). The average Bonchev–Trinajstić information content (AvgIpc) is 2.26. The Bertz CT molecular complexity index is 365. The van der Waals surface area contributed by atoms with Crippen LogP contribution in [0.4, 0.5) is 4.79 Å². The van der Waals surface area contributed by atoms with Crippen LogP contribution in [-0.2, 0) is 9.59 Å². The lowest BCUT2D eigenvalue weighted by molar-refractivity contribution is -0.146. The maximum atomic E-state index is 12.3. The predicted molar refractivity (Wildman–Crippen MR) is 67.6 cm³/mol. The van der Waals surface area contributed by atoms with Crippen molar-refractivity contribution in [3.8, 4) is 0 Å². The highest BCUT2D eigenvalue weighted by atomic mass is 16.2. The fourth-order valence-electron chi connectivity index (χ4n) is 2.17. The van der Waals surface area contributed by atoms with E-state index in [0.717, 1.165) is 6.42 Å². The van der Waals surface area contributed by atoms with E-state index < -0.39 is 17.9 Å². The molecule has 0 bridgehead atoms.